The predicted octanol–water partition coefficient (Wildman–Crippen LogP) is 1.75. The van der Waals surface area contributed by atoms with Crippen LogP contribution in [0.15, 0.2) is 30.3 Å². The van der Waals surface area contributed by atoms with Gasteiger partial charge in [0.15, 0.2) is 0 Å². The Hall–Kier alpha value is -1.88. The van der Waals surface area contributed by atoms with Crippen molar-refractivity contribution >= 4 is 11.8 Å². The number of carbonyl (C=O) groups excluding carboxylic acids is 2. The number of amides is 2. The van der Waals surface area contributed by atoms with E-state index in [4.69, 9.17) is 4.74 Å². The fraction of sp³-hybridized carbons (Fsp3) is 0.529. The molecule has 2 atom stereocenters. The third kappa shape index (κ3) is 4.07. The van der Waals surface area contributed by atoms with Gasteiger partial charge in [-0.05, 0) is 18.4 Å². The number of hydrogen-bond donors (Lipinski definition) is 1. The Morgan fingerprint density at radius 1 is 1.27 bits per heavy atom. The van der Waals surface area contributed by atoms with Crippen molar-refractivity contribution in [2.45, 2.75) is 25.8 Å². The lowest BCUT2D eigenvalue weighted by Gasteiger charge is -2.39. The number of methoxy groups -OCH3 is 1. The quantitative estimate of drug-likeness (QED) is 0.843. The van der Waals surface area contributed by atoms with Crippen LogP contribution in [0.1, 0.15) is 31.4 Å². The van der Waals surface area contributed by atoms with E-state index in [2.05, 4.69) is 5.32 Å². The number of benzene rings is 1. The topological polar surface area (TPSA) is 58.6 Å². The number of rotatable bonds is 5. The first-order valence-corrected chi connectivity index (χ1v) is 7.72. The summed E-state index contributed by atoms with van der Waals surface area (Å²) in [6.45, 7) is 3.06. The maximum atomic E-state index is 12.2. The average molecular weight is 304 g/mol. The maximum Gasteiger partial charge on any atom is 0.224 e. The molecular formula is C17H24N2O3. The number of nitrogens with one attached hydrogen (secondary N) is 1. The highest BCUT2D eigenvalue weighted by Gasteiger charge is 2.33. The molecule has 120 valence electrons. The highest BCUT2D eigenvalue weighted by molar-refractivity contribution is 5.80. The molecule has 1 N–H and O–H groups in total. The van der Waals surface area contributed by atoms with Crippen LogP contribution in [0.4, 0.5) is 0 Å². The summed E-state index contributed by atoms with van der Waals surface area (Å²) in [6, 6.07) is 10.1. The van der Waals surface area contributed by atoms with Crippen LogP contribution in [-0.2, 0) is 14.3 Å². The van der Waals surface area contributed by atoms with Crippen LogP contribution in [0.3, 0.4) is 0 Å². The molecule has 0 aromatic heterocycles. The van der Waals surface area contributed by atoms with Crippen molar-refractivity contribution in [2.75, 3.05) is 26.8 Å². The van der Waals surface area contributed by atoms with Gasteiger partial charge in [0.2, 0.25) is 11.8 Å². The van der Waals surface area contributed by atoms with Crippen LogP contribution in [0, 0.1) is 5.92 Å². The molecule has 1 aromatic carbocycles. The molecule has 1 aliphatic heterocycles. The van der Waals surface area contributed by atoms with Gasteiger partial charge in [-0.3, -0.25) is 9.59 Å². The Morgan fingerprint density at radius 2 is 2.00 bits per heavy atom. The lowest BCUT2D eigenvalue weighted by Crippen LogP contribution is -2.46. The summed E-state index contributed by atoms with van der Waals surface area (Å²) in [6.07, 6.45) is 1.61. The molecule has 1 saturated heterocycles. The van der Waals surface area contributed by atoms with Crippen molar-refractivity contribution in [1.82, 2.24) is 10.2 Å². The standard InChI is InChI=1S/C17H24N2O3/c1-13(20)19-12-15(17(21)18-10-11-22-2)8-9-16(19)14-6-4-3-5-7-14/h3-7,15-16H,8-12H2,1-2H3,(H,18,21). The van der Waals surface area contributed by atoms with E-state index in [1.807, 2.05) is 35.2 Å². The molecule has 5 nitrogen and oxygen atoms in total. The van der Waals surface area contributed by atoms with Crippen molar-refractivity contribution in [3.63, 3.8) is 0 Å². The molecule has 0 radical (unpaired) electrons. The first-order valence-electron chi connectivity index (χ1n) is 7.72. The summed E-state index contributed by atoms with van der Waals surface area (Å²) in [4.78, 5) is 26.0. The number of ether oxygens (including phenoxy) is 1. The summed E-state index contributed by atoms with van der Waals surface area (Å²) in [5, 5.41) is 2.87. The molecule has 0 bridgehead atoms. The summed E-state index contributed by atoms with van der Waals surface area (Å²) in [5.74, 6) is -0.112. The molecule has 1 heterocycles. The fourth-order valence-electron chi connectivity index (χ4n) is 2.98. The number of carbonyl (C=O) groups is 2. The van der Waals surface area contributed by atoms with E-state index >= 15 is 0 Å². The zero-order valence-electron chi connectivity index (χ0n) is 13.2. The minimum absolute atomic E-state index is 0.00908. The lowest BCUT2D eigenvalue weighted by atomic mass is 9.88. The van der Waals surface area contributed by atoms with Crippen molar-refractivity contribution in [3.8, 4) is 0 Å². The largest absolute Gasteiger partial charge is 0.383 e. The molecule has 2 rings (SSSR count). The van der Waals surface area contributed by atoms with Crippen LogP contribution in [0.5, 0.6) is 0 Å². The monoisotopic (exact) mass is 304 g/mol. The average Bonchev–Trinajstić information content (AvgIpc) is 2.55. The van der Waals surface area contributed by atoms with E-state index in [9.17, 15) is 9.59 Å². The van der Waals surface area contributed by atoms with E-state index in [-0.39, 0.29) is 23.8 Å². The summed E-state index contributed by atoms with van der Waals surface area (Å²) in [7, 11) is 1.61. The van der Waals surface area contributed by atoms with Gasteiger partial charge in [0.1, 0.15) is 0 Å². The van der Waals surface area contributed by atoms with Crippen LogP contribution >= 0.6 is 0 Å². The molecular weight excluding hydrogens is 280 g/mol. The SMILES string of the molecule is COCCNC(=O)C1CCC(c2ccccc2)N(C(C)=O)C1. The second-order valence-electron chi connectivity index (χ2n) is 5.66. The molecule has 1 aliphatic rings. The molecule has 1 aromatic rings. The van der Waals surface area contributed by atoms with Gasteiger partial charge in [-0.1, -0.05) is 30.3 Å². The Kier molecular flexibility index (Phi) is 5.95. The van der Waals surface area contributed by atoms with Gasteiger partial charge >= 0.3 is 0 Å². The van der Waals surface area contributed by atoms with Crippen molar-refractivity contribution in [2.24, 2.45) is 5.92 Å². The second kappa shape index (κ2) is 7.94. The van der Waals surface area contributed by atoms with E-state index in [0.29, 0.717) is 19.7 Å². The highest BCUT2D eigenvalue weighted by atomic mass is 16.5. The summed E-state index contributed by atoms with van der Waals surface area (Å²) >= 11 is 0. The van der Waals surface area contributed by atoms with Crippen molar-refractivity contribution < 1.29 is 14.3 Å². The van der Waals surface area contributed by atoms with Crippen LogP contribution in [0.25, 0.3) is 0 Å². The molecule has 1 fully saturated rings. The molecule has 2 unspecified atom stereocenters. The van der Waals surface area contributed by atoms with Gasteiger partial charge in [0, 0.05) is 27.1 Å². The minimum atomic E-state index is -0.138. The predicted molar refractivity (Wildman–Crippen MR) is 84.2 cm³/mol. The maximum absolute atomic E-state index is 12.2. The molecule has 5 heteroatoms. The Balaban J connectivity index is 2.02. The van der Waals surface area contributed by atoms with E-state index in [0.717, 1.165) is 18.4 Å². The van der Waals surface area contributed by atoms with Crippen molar-refractivity contribution in [1.29, 1.82) is 0 Å². The van der Waals surface area contributed by atoms with Crippen LogP contribution in [0.2, 0.25) is 0 Å². The minimum Gasteiger partial charge on any atom is -0.383 e. The highest BCUT2D eigenvalue weighted by Crippen LogP contribution is 2.33. The third-order valence-corrected chi connectivity index (χ3v) is 4.15. The number of likely N-dealkylation sites (tertiary alicyclic amines) is 1. The third-order valence-electron chi connectivity index (χ3n) is 4.15. The lowest BCUT2D eigenvalue weighted by molar-refractivity contribution is -0.137. The van der Waals surface area contributed by atoms with Gasteiger partial charge in [-0.25, -0.2) is 0 Å². The van der Waals surface area contributed by atoms with E-state index in [1.54, 1.807) is 14.0 Å². The number of piperidine rings is 1. The first kappa shape index (κ1) is 16.5. The molecule has 0 spiro atoms. The first-order chi connectivity index (χ1) is 10.6. The van der Waals surface area contributed by atoms with Gasteiger partial charge in [-0.15, -0.1) is 0 Å². The van der Waals surface area contributed by atoms with E-state index in [1.165, 1.54) is 0 Å². The molecule has 2 amide bonds. The van der Waals surface area contributed by atoms with Gasteiger partial charge < -0.3 is 15.0 Å². The van der Waals surface area contributed by atoms with Crippen LogP contribution in [-0.4, -0.2) is 43.5 Å². The Bertz CT molecular complexity index is 504. The van der Waals surface area contributed by atoms with Gasteiger partial charge in [0.25, 0.3) is 0 Å². The molecule has 22 heavy (non-hydrogen) atoms. The molecule has 0 aliphatic carbocycles. The van der Waals surface area contributed by atoms with Crippen LogP contribution < -0.4 is 5.32 Å². The van der Waals surface area contributed by atoms with Gasteiger partial charge in [-0.2, -0.15) is 0 Å². The summed E-state index contributed by atoms with van der Waals surface area (Å²) in [5.41, 5.74) is 1.14. The summed E-state index contributed by atoms with van der Waals surface area (Å²) < 4.78 is 4.93. The number of nitrogens with zero attached hydrogens (tertiary/aromatic N) is 1. The molecule has 0 saturated carbocycles. The zero-order valence-corrected chi connectivity index (χ0v) is 13.2. The smallest absolute Gasteiger partial charge is 0.224 e. The Labute approximate surface area is 131 Å². The fourth-order valence-corrected chi connectivity index (χ4v) is 2.98. The zero-order chi connectivity index (χ0) is 15.9. The van der Waals surface area contributed by atoms with E-state index < -0.39 is 0 Å². The van der Waals surface area contributed by atoms with Gasteiger partial charge in [0.05, 0.1) is 18.6 Å². The second-order valence-corrected chi connectivity index (χ2v) is 5.66. The number of hydrogen-bond acceptors (Lipinski definition) is 3. The Morgan fingerprint density at radius 3 is 2.64 bits per heavy atom. The van der Waals surface area contributed by atoms with Crippen molar-refractivity contribution in [3.05, 3.63) is 35.9 Å². The normalized spacial score (nSPS) is 21.5.